The van der Waals surface area contributed by atoms with E-state index in [1.807, 2.05) is 31.4 Å². The van der Waals surface area contributed by atoms with Crippen LogP contribution < -0.4 is 5.32 Å². The number of hydrogen-bond acceptors (Lipinski definition) is 2. The second-order valence-electron chi connectivity index (χ2n) is 4.17. The van der Waals surface area contributed by atoms with Crippen LogP contribution in [0.2, 0.25) is 0 Å². The fraction of sp³-hybridized carbons (Fsp3) is 0.267. The Hall–Kier alpha value is -1.74. The first kappa shape index (κ1) is 12.7. The quantitative estimate of drug-likeness (QED) is 0.894. The Balaban J connectivity index is 2.49. The molecule has 0 amide bonds. The van der Waals surface area contributed by atoms with Gasteiger partial charge in [0, 0.05) is 18.0 Å². The number of hydrogen-bond donors (Lipinski definition) is 1. The van der Waals surface area contributed by atoms with E-state index >= 15 is 0 Å². The lowest BCUT2D eigenvalue weighted by molar-refractivity contribution is 0.574. The van der Waals surface area contributed by atoms with Gasteiger partial charge in [0.25, 0.3) is 0 Å². The van der Waals surface area contributed by atoms with Crippen LogP contribution in [0.4, 0.5) is 4.39 Å². The smallest absolute Gasteiger partial charge is 0.128 e. The van der Waals surface area contributed by atoms with Crippen molar-refractivity contribution in [3.05, 3.63) is 65.2 Å². The molecule has 0 aliphatic rings. The molecule has 0 spiro atoms. The number of aromatic nitrogens is 1. The first-order chi connectivity index (χ1) is 8.77. The maximum Gasteiger partial charge on any atom is 0.128 e. The highest BCUT2D eigenvalue weighted by Gasteiger charge is 2.17. The molecule has 0 radical (unpaired) electrons. The van der Waals surface area contributed by atoms with E-state index in [1.165, 1.54) is 6.07 Å². The maximum atomic E-state index is 13.9. The van der Waals surface area contributed by atoms with Crippen LogP contribution >= 0.6 is 0 Å². The molecule has 0 fully saturated rings. The molecule has 0 saturated carbocycles. The molecule has 1 atom stereocenters. The Bertz CT molecular complexity index is 525. The molecule has 0 aliphatic carbocycles. The number of nitrogens with zero attached hydrogens (tertiary/aromatic N) is 1. The van der Waals surface area contributed by atoms with Gasteiger partial charge in [0.1, 0.15) is 5.82 Å². The molecule has 1 N–H and O–H groups in total. The van der Waals surface area contributed by atoms with Crippen LogP contribution in [0.5, 0.6) is 0 Å². The van der Waals surface area contributed by atoms with Crippen molar-refractivity contribution in [2.75, 3.05) is 7.05 Å². The molecule has 1 aromatic carbocycles. The van der Waals surface area contributed by atoms with E-state index in [-0.39, 0.29) is 11.9 Å². The van der Waals surface area contributed by atoms with Gasteiger partial charge in [0.15, 0.2) is 0 Å². The molecular weight excluding hydrogens is 227 g/mol. The van der Waals surface area contributed by atoms with Crippen LogP contribution in [0, 0.1) is 5.82 Å². The Kier molecular flexibility index (Phi) is 4.05. The third-order valence-electron chi connectivity index (χ3n) is 3.14. The normalized spacial score (nSPS) is 12.4. The van der Waals surface area contributed by atoms with E-state index in [2.05, 4.69) is 17.2 Å². The lowest BCUT2D eigenvalue weighted by Gasteiger charge is -2.20. The third kappa shape index (κ3) is 2.41. The monoisotopic (exact) mass is 244 g/mol. The predicted molar refractivity (Wildman–Crippen MR) is 70.9 cm³/mol. The third-order valence-corrected chi connectivity index (χ3v) is 3.14. The van der Waals surface area contributed by atoms with E-state index in [1.54, 1.807) is 12.3 Å². The van der Waals surface area contributed by atoms with Gasteiger partial charge in [-0.1, -0.05) is 25.1 Å². The molecule has 0 saturated heterocycles. The number of halogens is 1. The molecule has 2 rings (SSSR count). The fourth-order valence-electron chi connectivity index (χ4n) is 2.20. The molecule has 1 heterocycles. The van der Waals surface area contributed by atoms with Crippen molar-refractivity contribution in [1.82, 2.24) is 10.3 Å². The van der Waals surface area contributed by atoms with Crippen LogP contribution in [-0.2, 0) is 6.42 Å². The maximum absolute atomic E-state index is 13.9. The van der Waals surface area contributed by atoms with Gasteiger partial charge in [-0.05, 0) is 36.7 Å². The minimum atomic E-state index is -0.185. The van der Waals surface area contributed by atoms with E-state index in [0.29, 0.717) is 5.56 Å². The van der Waals surface area contributed by atoms with Gasteiger partial charge in [0.05, 0.1) is 6.04 Å². The van der Waals surface area contributed by atoms with E-state index in [9.17, 15) is 4.39 Å². The van der Waals surface area contributed by atoms with Crippen molar-refractivity contribution in [3.8, 4) is 0 Å². The van der Waals surface area contributed by atoms with Crippen molar-refractivity contribution >= 4 is 0 Å². The van der Waals surface area contributed by atoms with Gasteiger partial charge in [-0.25, -0.2) is 4.39 Å². The van der Waals surface area contributed by atoms with Gasteiger partial charge in [0.2, 0.25) is 0 Å². The van der Waals surface area contributed by atoms with E-state index in [4.69, 9.17) is 0 Å². The molecule has 3 heteroatoms. The number of aryl methyl sites for hydroxylation is 1. The van der Waals surface area contributed by atoms with Crippen LogP contribution in [0.3, 0.4) is 0 Å². The highest BCUT2D eigenvalue weighted by atomic mass is 19.1. The molecule has 18 heavy (non-hydrogen) atoms. The summed E-state index contributed by atoms with van der Waals surface area (Å²) in [5, 5.41) is 3.18. The van der Waals surface area contributed by atoms with Gasteiger partial charge < -0.3 is 5.32 Å². The van der Waals surface area contributed by atoms with Gasteiger partial charge in [-0.2, -0.15) is 0 Å². The van der Waals surface area contributed by atoms with E-state index < -0.39 is 0 Å². The van der Waals surface area contributed by atoms with Crippen LogP contribution in [0.15, 0.2) is 42.7 Å². The molecule has 0 aliphatic heterocycles. The number of rotatable bonds is 4. The summed E-state index contributed by atoms with van der Waals surface area (Å²) >= 11 is 0. The fourth-order valence-corrected chi connectivity index (χ4v) is 2.20. The van der Waals surface area contributed by atoms with Crippen molar-refractivity contribution in [2.24, 2.45) is 0 Å². The van der Waals surface area contributed by atoms with E-state index in [0.717, 1.165) is 17.5 Å². The number of benzene rings is 1. The average molecular weight is 244 g/mol. The summed E-state index contributed by atoms with van der Waals surface area (Å²) in [6.07, 6.45) is 4.48. The zero-order valence-electron chi connectivity index (χ0n) is 10.7. The Labute approximate surface area is 107 Å². The number of pyridine rings is 1. The summed E-state index contributed by atoms with van der Waals surface area (Å²) in [5.41, 5.74) is 2.89. The second kappa shape index (κ2) is 5.74. The largest absolute Gasteiger partial charge is 0.309 e. The summed E-state index contributed by atoms with van der Waals surface area (Å²) in [7, 11) is 1.84. The lowest BCUT2D eigenvalue weighted by Crippen LogP contribution is -2.20. The molecule has 94 valence electrons. The minimum absolute atomic E-state index is 0.135. The summed E-state index contributed by atoms with van der Waals surface area (Å²) in [5.74, 6) is -0.185. The standard InChI is InChI=1S/C15H17FN2/c1-3-11-10-18-9-8-12(11)15(17-2)13-6-4-5-7-14(13)16/h4-10,15,17H,3H2,1-2H3. The number of nitrogens with one attached hydrogen (secondary N) is 1. The highest BCUT2D eigenvalue weighted by Crippen LogP contribution is 2.26. The zero-order chi connectivity index (χ0) is 13.0. The molecule has 2 nitrogen and oxygen atoms in total. The Morgan fingerprint density at radius 3 is 2.67 bits per heavy atom. The first-order valence-electron chi connectivity index (χ1n) is 6.12. The van der Waals surface area contributed by atoms with Crippen LogP contribution in [0.25, 0.3) is 0 Å². The summed E-state index contributed by atoms with van der Waals surface area (Å²) < 4.78 is 13.9. The highest BCUT2D eigenvalue weighted by molar-refractivity contribution is 5.36. The van der Waals surface area contributed by atoms with Gasteiger partial charge >= 0.3 is 0 Å². The SMILES string of the molecule is CCc1cnccc1C(NC)c1ccccc1F. The van der Waals surface area contributed by atoms with Crippen LogP contribution in [0.1, 0.15) is 29.7 Å². The second-order valence-corrected chi connectivity index (χ2v) is 4.17. The zero-order valence-corrected chi connectivity index (χ0v) is 10.7. The summed E-state index contributed by atoms with van der Waals surface area (Å²) in [6.45, 7) is 2.08. The molecule has 2 aromatic rings. The molecule has 1 aromatic heterocycles. The van der Waals surface area contributed by atoms with Crippen molar-refractivity contribution < 1.29 is 4.39 Å². The summed E-state index contributed by atoms with van der Waals surface area (Å²) in [6, 6.07) is 8.69. The first-order valence-corrected chi connectivity index (χ1v) is 6.12. The summed E-state index contributed by atoms with van der Waals surface area (Å²) in [4.78, 5) is 4.13. The Morgan fingerprint density at radius 1 is 1.22 bits per heavy atom. The molecule has 0 bridgehead atoms. The minimum Gasteiger partial charge on any atom is -0.309 e. The molecule has 1 unspecified atom stereocenters. The van der Waals surface area contributed by atoms with Gasteiger partial charge in [-0.15, -0.1) is 0 Å². The van der Waals surface area contributed by atoms with Crippen molar-refractivity contribution in [1.29, 1.82) is 0 Å². The Morgan fingerprint density at radius 2 is 2.00 bits per heavy atom. The average Bonchev–Trinajstić information content (AvgIpc) is 2.42. The van der Waals surface area contributed by atoms with Crippen LogP contribution in [-0.4, -0.2) is 12.0 Å². The topological polar surface area (TPSA) is 24.9 Å². The lowest BCUT2D eigenvalue weighted by atomic mass is 9.94. The molecular formula is C15H17FN2. The van der Waals surface area contributed by atoms with Crippen molar-refractivity contribution in [3.63, 3.8) is 0 Å². The predicted octanol–water partition coefficient (Wildman–Crippen LogP) is 3.09. The van der Waals surface area contributed by atoms with Crippen molar-refractivity contribution in [2.45, 2.75) is 19.4 Å². The van der Waals surface area contributed by atoms with Gasteiger partial charge in [-0.3, -0.25) is 4.98 Å².